The SMILES string of the molecule is COc1ccc(S(=O)(=O)c2c[nH]c3ccc(Br)cc23)c([CH]C(Cl)(Cl)Cl)c1. The Morgan fingerprint density at radius 3 is 2.50 bits per heavy atom. The number of nitrogens with one attached hydrogen (secondary N) is 1. The first-order valence-electron chi connectivity index (χ1n) is 7.24. The summed E-state index contributed by atoms with van der Waals surface area (Å²) in [6.45, 7) is 0. The highest BCUT2D eigenvalue weighted by Crippen LogP contribution is 2.38. The fraction of sp³-hybridized carbons (Fsp3) is 0.118. The molecule has 0 amide bonds. The summed E-state index contributed by atoms with van der Waals surface area (Å²) >= 11 is 20.9. The standard InChI is InChI=1S/C17H12BrCl3NO3S/c1-25-12-3-5-15(10(6-12)8-17(19,20)21)26(23,24)16-9-22-14-4-2-11(18)7-13(14)16/h2-9,22H,1H3. The molecule has 1 heterocycles. The van der Waals surface area contributed by atoms with Crippen molar-refractivity contribution >= 4 is 71.5 Å². The van der Waals surface area contributed by atoms with E-state index in [-0.39, 0.29) is 15.4 Å². The number of aromatic amines is 1. The molecule has 0 bridgehead atoms. The first-order valence-corrected chi connectivity index (χ1v) is 10.7. The van der Waals surface area contributed by atoms with Crippen molar-refractivity contribution in [1.29, 1.82) is 0 Å². The van der Waals surface area contributed by atoms with Crippen LogP contribution < -0.4 is 4.74 Å². The first kappa shape index (κ1) is 19.8. The van der Waals surface area contributed by atoms with Gasteiger partial charge >= 0.3 is 0 Å². The summed E-state index contributed by atoms with van der Waals surface area (Å²) in [6.07, 6.45) is 2.70. The summed E-state index contributed by atoms with van der Waals surface area (Å²) in [5, 5.41) is 0.565. The number of H-pyrrole nitrogens is 1. The molecule has 3 rings (SSSR count). The molecule has 0 aliphatic heterocycles. The molecule has 0 saturated heterocycles. The summed E-state index contributed by atoms with van der Waals surface area (Å²) in [4.78, 5) is 3.12. The van der Waals surface area contributed by atoms with E-state index in [1.54, 1.807) is 18.2 Å². The molecule has 0 atom stereocenters. The van der Waals surface area contributed by atoms with Crippen molar-refractivity contribution in [2.24, 2.45) is 0 Å². The van der Waals surface area contributed by atoms with E-state index < -0.39 is 13.6 Å². The van der Waals surface area contributed by atoms with Gasteiger partial charge in [0.05, 0.1) is 16.9 Å². The van der Waals surface area contributed by atoms with E-state index in [9.17, 15) is 8.42 Å². The molecule has 1 radical (unpaired) electrons. The van der Waals surface area contributed by atoms with Crippen molar-refractivity contribution in [3.63, 3.8) is 0 Å². The van der Waals surface area contributed by atoms with Crippen LogP contribution in [0, 0.1) is 6.42 Å². The van der Waals surface area contributed by atoms with Gasteiger partial charge in [0, 0.05) is 28.0 Å². The van der Waals surface area contributed by atoms with Gasteiger partial charge in [0.1, 0.15) is 5.75 Å². The van der Waals surface area contributed by atoms with E-state index in [0.717, 1.165) is 4.47 Å². The second-order valence-corrected chi connectivity index (χ2v) is 10.6. The fourth-order valence-corrected chi connectivity index (χ4v) is 4.89. The number of hydrogen-bond donors (Lipinski definition) is 1. The minimum absolute atomic E-state index is 0.0190. The maximum Gasteiger partial charge on any atom is 0.208 e. The van der Waals surface area contributed by atoms with E-state index in [1.807, 2.05) is 6.07 Å². The number of ether oxygens (including phenoxy) is 1. The summed E-state index contributed by atoms with van der Waals surface area (Å²) in [6, 6.07) is 9.85. The molecule has 4 nitrogen and oxygen atoms in total. The Morgan fingerprint density at radius 1 is 1.12 bits per heavy atom. The molecule has 0 aliphatic rings. The summed E-state index contributed by atoms with van der Waals surface area (Å²) < 4.78 is 30.8. The monoisotopic (exact) mass is 494 g/mol. The number of rotatable bonds is 4. The predicted octanol–water partition coefficient (Wildman–Crippen LogP) is 5.69. The van der Waals surface area contributed by atoms with Crippen LogP contribution in [0.2, 0.25) is 0 Å². The summed E-state index contributed by atoms with van der Waals surface area (Å²) in [5.41, 5.74) is 0.945. The highest BCUT2D eigenvalue weighted by Gasteiger charge is 2.29. The van der Waals surface area contributed by atoms with Crippen LogP contribution in [0.3, 0.4) is 0 Å². The van der Waals surface area contributed by atoms with Crippen LogP contribution in [-0.4, -0.2) is 24.3 Å². The number of aromatic nitrogens is 1. The number of fused-ring (bicyclic) bond motifs is 1. The molecule has 0 aliphatic carbocycles. The van der Waals surface area contributed by atoms with Gasteiger partial charge in [0.25, 0.3) is 0 Å². The third-order valence-corrected chi connectivity index (χ3v) is 6.41. The Morgan fingerprint density at radius 2 is 1.85 bits per heavy atom. The lowest BCUT2D eigenvalue weighted by Crippen LogP contribution is -2.10. The van der Waals surface area contributed by atoms with Crippen molar-refractivity contribution in [2.75, 3.05) is 7.11 Å². The zero-order chi connectivity index (χ0) is 19.1. The highest BCUT2D eigenvalue weighted by atomic mass is 79.9. The number of benzene rings is 2. The van der Waals surface area contributed by atoms with Gasteiger partial charge in [0.15, 0.2) is 3.79 Å². The van der Waals surface area contributed by atoms with E-state index in [2.05, 4.69) is 20.9 Å². The molecule has 1 N–H and O–H groups in total. The number of alkyl halides is 3. The second kappa shape index (κ2) is 7.24. The molecule has 0 saturated carbocycles. The van der Waals surface area contributed by atoms with E-state index in [4.69, 9.17) is 39.5 Å². The lowest BCUT2D eigenvalue weighted by molar-refractivity contribution is 0.414. The van der Waals surface area contributed by atoms with Gasteiger partial charge < -0.3 is 9.72 Å². The largest absolute Gasteiger partial charge is 0.497 e. The molecule has 26 heavy (non-hydrogen) atoms. The number of hydrogen-bond acceptors (Lipinski definition) is 3. The normalized spacial score (nSPS) is 12.5. The Labute approximate surface area is 174 Å². The van der Waals surface area contributed by atoms with Gasteiger partial charge in [-0.05, 0) is 42.0 Å². The molecule has 3 aromatic rings. The van der Waals surface area contributed by atoms with Crippen LogP contribution in [0.15, 0.2) is 56.9 Å². The van der Waals surface area contributed by atoms with Gasteiger partial charge in [-0.2, -0.15) is 0 Å². The maximum atomic E-state index is 13.3. The quantitative estimate of drug-likeness (QED) is 0.472. The van der Waals surface area contributed by atoms with Crippen molar-refractivity contribution in [3.8, 4) is 5.75 Å². The number of sulfone groups is 1. The van der Waals surface area contributed by atoms with Crippen LogP contribution in [0.1, 0.15) is 5.56 Å². The van der Waals surface area contributed by atoms with Crippen molar-refractivity contribution < 1.29 is 13.2 Å². The zero-order valence-electron chi connectivity index (χ0n) is 13.3. The lowest BCUT2D eigenvalue weighted by atomic mass is 10.1. The Kier molecular flexibility index (Phi) is 5.53. The van der Waals surface area contributed by atoms with Crippen LogP contribution >= 0.6 is 50.7 Å². The molecular formula is C17H12BrCl3NO3S. The average molecular weight is 497 g/mol. The molecular weight excluding hydrogens is 485 g/mol. The Bertz CT molecular complexity index is 1070. The van der Waals surface area contributed by atoms with Gasteiger partial charge in [-0.25, -0.2) is 8.42 Å². The predicted molar refractivity (Wildman–Crippen MR) is 108 cm³/mol. The van der Waals surface area contributed by atoms with Crippen LogP contribution in [0.4, 0.5) is 0 Å². The third kappa shape index (κ3) is 3.99. The molecule has 0 spiro atoms. The van der Waals surface area contributed by atoms with E-state index >= 15 is 0 Å². The first-order chi connectivity index (χ1) is 12.1. The van der Waals surface area contributed by atoms with Gasteiger partial charge in [0.2, 0.25) is 9.84 Å². The number of methoxy groups -OCH3 is 1. The minimum Gasteiger partial charge on any atom is -0.497 e. The molecule has 2 aromatic carbocycles. The minimum atomic E-state index is -3.88. The summed E-state index contributed by atoms with van der Waals surface area (Å²) in [5.74, 6) is 0.450. The maximum absolute atomic E-state index is 13.3. The average Bonchev–Trinajstić information content (AvgIpc) is 2.96. The molecule has 1 aromatic heterocycles. The molecule has 137 valence electrons. The molecule has 9 heteroatoms. The summed E-state index contributed by atoms with van der Waals surface area (Å²) in [7, 11) is -2.41. The molecule has 0 fully saturated rings. The van der Waals surface area contributed by atoms with Crippen LogP contribution in [0.5, 0.6) is 5.75 Å². The van der Waals surface area contributed by atoms with E-state index in [0.29, 0.717) is 16.7 Å². The van der Waals surface area contributed by atoms with Crippen molar-refractivity contribution in [3.05, 3.63) is 59.1 Å². The highest BCUT2D eigenvalue weighted by molar-refractivity contribution is 9.10. The Hall–Kier alpha value is -0.920. The van der Waals surface area contributed by atoms with Crippen molar-refractivity contribution in [1.82, 2.24) is 4.98 Å². The van der Waals surface area contributed by atoms with Gasteiger partial charge in [-0.15, -0.1) is 0 Å². The topological polar surface area (TPSA) is 59.2 Å². The number of halogens is 4. The second-order valence-electron chi connectivity index (χ2n) is 5.44. The van der Waals surface area contributed by atoms with Crippen LogP contribution in [0.25, 0.3) is 10.9 Å². The van der Waals surface area contributed by atoms with Crippen molar-refractivity contribution in [2.45, 2.75) is 13.6 Å². The Balaban J connectivity index is 2.21. The van der Waals surface area contributed by atoms with Crippen LogP contribution in [-0.2, 0) is 9.84 Å². The van der Waals surface area contributed by atoms with Gasteiger partial charge in [-0.1, -0.05) is 50.7 Å². The van der Waals surface area contributed by atoms with Gasteiger partial charge in [-0.3, -0.25) is 0 Å². The lowest BCUT2D eigenvalue weighted by Gasteiger charge is -2.15. The third-order valence-electron chi connectivity index (χ3n) is 3.72. The smallest absolute Gasteiger partial charge is 0.208 e. The fourth-order valence-electron chi connectivity index (χ4n) is 2.60. The zero-order valence-corrected chi connectivity index (χ0v) is 17.9. The molecule has 0 unspecified atom stereocenters. The van der Waals surface area contributed by atoms with E-state index in [1.165, 1.54) is 31.9 Å².